The number of aromatic nitrogens is 2. The first-order chi connectivity index (χ1) is 15.7. The molecule has 0 fully saturated rings. The third-order valence-corrected chi connectivity index (χ3v) is 5.96. The van der Waals surface area contributed by atoms with E-state index in [9.17, 15) is 0 Å². The van der Waals surface area contributed by atoms with Crippen LogP contribution in [-0.4, -0.2) is 30.9 Å². The summed E-state index contributed by atoms with van der Waals surface area (Å²) in [6.07, 6.45) is 2.61. The molecule has 0 unspecified atom stereocenters. The minimum absolute atomic E-state index is 0.727. The van der Waals surface area contributed by atoms with E-state index in [0.29, 0.717) is 0 Å². The van der Waals surface area contributed by atoms with Crippen LogP contribution in [0, 0.1) is 0 Å². The molecule has 2 aromatic heterocycles. The largest absolute Gasteiger partial charge is 0.497 e. The molecule has 0 saturated carbocycles. The summed E-state index contributed by atoms with van der Waals surface area (Å²) >= 11 is 1.59. The second-order valence-corrected chi connectivity index (χ2v) is 7.84. The molecule has 0 aliphatic heterocycles. The highest BCUT2D eigenvalue weighted by atomic mass is 32.1. The summed E-state index contributed by atoms with van der Waals surface area (Å²) in [4.78, 5) is 10.3. The van der Waals surface area contributed by atoms with Crippen molar-refractivity contribution in [2.24, 2.45) is 4.99 Å². The molecule has 0 amide bonds. The molecule has 0 aliphatic carbocycles. The SMILES string of the molecule is COc1ccc(N=c2scc(-c3cc(OC)ccc3OC)n2CCc2ccccn2)cc1. The van der Waals surface area contributed by atoms with Crippen LogP contribution in [-0.2, 0) is 13.0 Å². The third-order valence-electron chi connectivity index (χ3n) is 5.10. The smallest absolute Gasteiger partial charge is 0.190 e. The molecule has 2 aromatic carbocycles. The first-order valence-corrected chi connectivity index (χ1v) is 11.1. The zero-order chi connectivity index (χ0) is 22.3. The van der Waals surface area contributed by atoms with Crippen molar-refractivity contribution in [2.45, 2.75) is 13.0 Å². The molecule has 6 nitrogen and oxygen atoms in total. The highest BCUT2D eigenvalue weighted by Gasteiger charge is 2.14. The Morgan fingerprint density at radius 2 is 1.69 bits per heavy atom. The van der Waals surface area contributed by atoms with Gasteiger partial charge in [0.05, 0.1) is 32.7 Å². The van der Waals surface area contributed by atoms with Crippen molar-refractivity contribution in [3.05, 3.63) is 82.7 Å². The lowest BCUT2D eigenvalue weighted by molar-refractivity contribution is 0.404. The minimum Gasteiger partial charge on any atom is -0.497 e. The Bertz CT molecular complexity index is 1230. The average Bonchev–Trinajstić information content (AvgIpc) is 3.25. The molecule has 0 spiro atoms. The summed E-state index contributed by atoms with van der Waals surface area (Å²) < 4.78 is 18.6. The Morgan fingerprint density at radius 3 is 2.38 bits per heavy atom. The number of hydrogen-bond donors (Lipinski definition) is 0. The van der Waals surface area contributed by atoms with Crippen LogP contribution in [0.2, 0.25) is 0 Å². The topological polar surface area (TPSA) is 57.9 Å². The number of thiazole rings is 1. The Kier molecular flexibility index (Phi) is 6.87. The van der Waals surface area contributed by atoms with Gasteiger partial charge in [0.15, 0.2) is 4.80 Å². The van der Waals surface area contributed by atoms with Crippen LogP contribution in [0.3, 0.4) is 0 Å². The maximum Gasteiger partial charge on any atom is 0.190 e. The highest BCUT2D eigenvalue weighted by Crippen LogP contribution is 2.34. The van der Waals surface area contributed by atoms with E-state index in [4.69, 9.17) is 19.2 Å². The fourth-order valence-corrected chi connectivity index (χ4v) is 4.35. The van der Waals surface area contributed by atoms with Gasteiger partial charge in [0.25, 0.3) is 0 Å². The van der Waals surface area contributed by atoms with Gasteiger partial charge >= 0.3 is 0 Å². The van der Waals surface area contributed by atoms with Gasteiger partial charge in [0.1, 0.15) is 17.2 Å². The Morgan fingerprint density at radius 1 is 0.906 bits per heavy atom. The first kappa shape index (κ1) is 21.6. The van der Waals surface area contributed by atoms with E-state index < -0.39 is 0 Å². The van der Waals surface area contributed by atoms with Crippen molar-refractivity contribution in [3.8, 4) is 28.5 Å². The number of aryl methyl sites for hydroxylation is 1. The molecule has 0 saturated heterocycles. The van der Waals surface area contributed by atoms with Crippen LogP contribution < -0.4 is 19.0 Å². The van der Waals surface area contributed by atoms with Crippen molar-refractivity contribution in [1.82, 2.24) is 9.55 Å². The van der Waals surface area contributed by atoms with Gasteiger partial charge in [-0.1, -0.05) is 6.07 Å². The third kappa shape index (κ3) is 4.84. The van der Waals surface area contributed by atoms with Crippen molar-refractivity contribution < 1.29 is 14.2 Å². The summed E-state index contributed by atoms with van der Waals surface area (Å²) in [6.45, 7) is 0.727. The van der Waals surface area contributed by atoms with Gasteiger partial charge in [-0.3, -0.25) is 4.98 Å². The monoisotopic (exact) mass is 447 g/mol. The number of hydrogen-bond acceptors (Lipinski definition) is 6. The molecule has 32 heavy (non-hydrogen) atoms. The van der Waals surface area contributed by atoms with Crippen LogP contribution in [0.5, 0.6) is 17.2 Å². The van der Waals surface area contributed by atoms with E-state index in [-0.39, 0.29) is 0 Å². The molecule has 0 N–H and O–H groups in total. The molecule has 4 aromatic rings. The molecule has 0 radical (unpaired) electrons. The maximum absolute atomic E-state index is 5.65. The predicted molar refractivity (Wildman–Crippen MR) is 127 cm³/mol. The van der Waals surface area contributed by atoms with E-state index in [0.717, 1.165) is 57.7 Å². The second kappa shape index (κ2) is 10.2. The summed E-state index contributed by atoms with van der Waals surface area (Å²) in [5.74, 6) is 2.36. The zero-order valence-corrected chi connectivity index (χ0v) is 19.1. The van der Waals surface area contributed by atoms with E-state index in [1.807, 2.05) is 66.9 Å². The number of benzene rings is 2. The van der Waals surface area contributed by atoms with Crippen LogP contribution in [0.1, 0.15) is 5.69 Å². The van der Waals surface area contributed by atoms with Crippen molar-refractivity contribution in [1.29, 1.82) is 0 Å². The Labute approximate surface area is 191 Å². The van der Waals surface area contributed by atoms with Crippen LogP contribution in [0.15, 0.2) is 77.2 Å². The second-order valence-electron chi connectivity index (χ2n) is 7.00. The van der Waals surface area contributed by atoms with Gasteiger partial charge in [0.2, 0.25) is 0 Å². The van der Waals surface area contributed by atoms with E-state index in [2.05, 4.69) is 14.9 Å². The van der Waals surface area contributed by atoms with Crippen LogP contribution in [0.25, 0.3) is 11.3 Å². The summed E-state index contributed by atoms with van der Waals surface area (Å²) in [5.41, 5.74) is 3.88. The van der Waals surface area contributed by atoms with Crippen LogP contribution in [0.4, 0.5) is 5.69 Å². The number of pyridine rings is 1. The lowest BCUT2D eigenvalue weighted by atomic mass is 10.1. The quantitative estimate of drug-likeness (QED) is 0.377. The lowest BCUT2D eigenvalue weighted by Crippen LogP contribution is -2.17. The van der Waals surface area contributed by atoms with E-state index in [1.165, 1.54) is 0 Å². The number of rotatable bonds is 8. The standard InChI is InChI=1S/C25H25N3O3S/c1-29-20-9-7-19(8-10-20)27-25-28(15-13-18-6-4-5-14-26-18)23(17-32-25)22-16-21(30-2)11-12-24(22)31-3/h4-12,14,16-17H,13,15H2,1-3H3. The molecule has 164 valence electrons. The molecule has 2 heterocycles. The molecular formula is C25H25N3O3S. The normalized spacial score (nSPS) is 11.4. The minimum atomic E-state index is 0.727. The average molecular weight is 448 g/mol. The van der Waals surface area contributed by atoms with Gasteiger partial charge in [-0.05, 0) is 54.6 Å². The van der Waals surface area contributed by atoms with E-state index >= 15 is 0 Å². The number of ether oxygens (including phenoxy) is 3. The fourth-order valence-electron chi connectivity index (χ4n) is 3.40. The molecule has 0 aliphatic rings. The Hall–Kier alpha value is -3.58. The molecular weight excluding hydrogens is 422 g/mol. The highest BCUT2D eigenvalue weighted by molar-refractivity contribution is 7.07. The molecule has 4 rings (SSSR count). The van der Waals surface area contributed by atoms with Crippen molar-refractivity contribution in [2.75, 3.05) is 21.3 Å². The van der Waals surface area contributed by atoms with Crippen molar-refractivity contribution >= 4 is 17.0 Å². The fraction of sp³-hybridized carbons (Fsp3) is 0.200. The predicted octanol–water partition coefficient (Wildman–Crippen LogP) is 5.11. The van der Waals surface area contributed by atoms with Gasteiger partial charge in [0, 0.05) is 35.8 Å². The van der Waals surface area contributed by atoms with Gasteiger partial charge in [-0.2, -0.15) is 0 Å². The van der Waals surface area contributed by atoms with Gasteiger partial charge < -0.3 is 18.8 Å². The lowest BCUT2D eigenvalue weighted by Gasteiger charge is -2.13. The van der Waals surface area contributed by atoms with Gasteiger partial charge in [-0.15, -0.1) is 11.3 Å². The zero-order valence-electron chi connectivity index (χ0n) is 18.3. The van der Waals surface area contributed by atoms with Crippen molar-refractivity contribution in [3.63, 3.8) is 0 Å². The maximum atomic E-state index is 5.65. The van der Waals surface area contributed by atoms with Crippen LogP contribution >= 0.6 is 11.3 Å². The Balaban J connectivity index is 1.80. The first-order valence-electron chi connectivity index (χ1n) is 10.2. The summed E-state index contributed by atoms with van der Waals surface area (Å²) in [7, 11) is 5.00. The molecule has 0 atom stereocenters. The molecule has 7 heteroatoms. The number of methoxy groups -OCH3 is 3. The summed E-state index contributed by atoms with van der Waals surface area (Å²) in [6, 6.07) is 19.5. The van der Waals surface area contributed by atoms with E-state index in [1.54, 1.807) is 32.7 Å². The molecule has 0 bridgehead atoms. The van der Waals surface area contributed by atoms with Gasteiger partial charge in [-0.25, -0.2) is 4.99 Å². The number of nitrogens with zero attached hydrogens (tertiary/aromatic N) is 3. The summed E-state index contributed by atoms with van der Waals surface area (Å²) in [5, 5.41) is 2.11.